The van der Waals surface area contributed by atoms with Gasteiger partial charge in [-0.15, -0.1) is 0 Å². The first-order chi connectivity index (χ1) is 10.0. The number of fused-ring (bicyclic) bond motifs is 2. The normalized spacial score (nSPS) is 29.2. The molecule has 3 atom stereocenters. The summed E-state index contributed by atoms with van der Waals surface area (Å²) in [5.74, 6) is 2.45. The van der Waals surface area contributed by atoms with Gasteiger partial charge in [-0.25, -0.2) is 4.98 Å². The third kappa shape index (κ3) is 2.18. The topological polar surface area (TPSA) is 38.1 Å². The van der Waals surface area contributed by atoms with Crippen LogP contribution in [0.25, 0.3) is 11.1 Å². The van der Waals surface area contributed by atoms with E-state index in [1.807, 2.05) is 0 Å². The molecule has 2 heterocycles. The van der Waals surface area contributed by atoms with Crippen molar-refractivity contribution in [2.24, 2.45) is 11.8 Å². The van der Waals surface area contributed by atoms with Crippen molar-refractivity contribution in [2.45, 2.75) is 51.5 Å². The molecule has 2 aliphatic rings. The van der Waals surface area contributed by atoms with Crippen molar-refractivity contribution in [2.75, 3.05) is 6.54 Å². The predicted molar refractivity (Wildman–Crippen MR) is 84.3 cm³/mol. The average Bonchev–Trinajstić information content (AvgIpc) is 3.10. The second-order valence-corrected chi connectivity index (χ2v) is 7.73. The van der Waals surface area contributed by atoms with Crippen LogP contribution in [0, 0.1) is 11.8 Å². The lowest BCUT2D eigenvalue weighted by Gasteiger charge is -2.18. The highest BCUT2D eigenvalue weighted by molar-refractivity contribution is 5.74. The fourth-order valence-electron chi connectivity index (χ4n) is 4.00. The lowest BCUT2D eigenvalue weighted by molar-refractivity contribution is 0.356. The largest absolute Gasteiger partial charge is 0.439 e. The highest BCUT2D eigenvalue weighted by atomic mass is 16.3. The van der Waals surface area contributed by atoms with Gasteiger partial charge in [0.15, 0.2) is 5.58 Å². The molecule has 3 heteroatoms. The number of benzene rings is 1. The van der Waals surface area contributed by atoms with Gasteiger partial charge in [-0.1, -0.05) is 33.3 Å². The van der Waals surface area contributed by atoms with Crippen LogP contribution >= 0.6 is 0 Å². The second-order valence-electron chi connectivity index (χ2n) is 7.73. The summed E-state index contributed by atoms with van der Waals surface area (Å²) in [6, 6.07) is 6.75. The van der Waals surface area contributed by atoms with Crippen molar-refractivity contribution in [3.05, 3.63) is 29.7 Å². The van der Waals surface area contributed by atoms with Crippen LogP contribution in [-0.2, 0) is 5.41 Å². The third-order valence-corrected chi connectivity index (χ3v) is 5.28. The standard InChI is InChI=1S/C18H24N2O/c1-18(2,3)12-7-8-15-14(9-12)20-17(21-15)16-13-6-4-5-11(13)10-19-16/h7-9,11,13,16,19H,4-6,10H2,1-3H3. The Morgan fingerprint density at radius 1 is 1.24 bits per heavy atom. The molecule has 1 aromatic heterocycles. The quantitative estimate of drug-likeness (QED) is 0.853. The van der Waals surface area contributed by atoms with Crippen LogP contribution in [0.2, 0.25) is 0 Å². The van der Waals surface area contributed by atoms with Crippen molar-refractivity contribution >= 4 is 11.1 Å². The summed E-state index contributed by atoms with van der Waals surface area (Å²) >= 11 is 0. The minimum atomic E-state index is 0.148. The molecule has 0 bridgehead atoms. The lowest BCUT2D eigenvalue weighted by Crippen LogP contribution is -2.17. The second kappa shape index (κ2) is 4.57. The van der Waals surface area contributed by atoms with E-state index in [0.29, 0.717) is 6.04 Å². The van der Waals surface area contributed by atoms with Crippen molar-refractivity contribution in [1.29, 1.82) is 0 Å². The zero-order chi connectivity index (χ0) is 14.6. The van der Waals surface area contributed by atoms with Gasteiger partial charge in [0.1, 0.15) is 5.52 Å². The number of oxazole rings is 1. The fraction of sp³-hybridized carbons (Fsp3) is 0.611. The van der Waals surface area contributed by atoms with Crippen molar-refractivity contribution in [3.63, 3.8) is 0 Å². The summed E-state index contributed by atoms with van der Waals surface area (Å²) in [7, 11) is 0. The molecule has 112 valence electrons. The molecule has 0 spiro atoms. The fourth-order valence-corrected chi connectivity index (χ4v) is 4.00. The number of hydrogen-bond acceptors (Lipinski definition) is 3. The Labute approximate surface area is 126 Å². The zero-order valence-electron chi connectivity index (χ0n) is 13.1. The van der Waals surface area contributed by atoms with E-state index in [4.69, 9.17) is 9.40 Å². The van der Waals surface area contributed by atoms with E-state index in [2.05, 4.69) is 44.3 Å². The van der Waals surface area contributed by atoms with Gasteiger partial charge < -0.3 is 9.73 Å². The minimum Gasteiger partial charge on any atom is -0.439 e. The molecule has 2 fully saturated rings. The monoisotopic (exact) mass is 284 g/mol. The van der Waals surface area contributed by atoms with Gasteiger partial charge in [0, 0.05) is 0 Å². The van der Waals surface area contributed by atoms with E-state index in [9.17, 15) is 0 Å². The summed E-state index contributed by atoms with van der Waals surface area (Å²) < 4.78 is 6.05. The molecular weight excluding hydrogens is 260 g/mol. The van der Waals surface area contributed by atoms with E-state index in [-0.39, 0.29) is 5.41 Å². The molecule has 0 radical (unpaired) electrons. The molecule has 1 N–H and O–H groups in total. The van der Waals surface area contributed by atoms with E-state index in [1.54, 1.807) is 0 Å². The summed E-state index contributed by atoms with van der Waals surface area (Å²) in [6.45, 7) is 7.83. The van der Waals surface area contributed by atoms with E-state index in [0.717, 1.165) is 35.4 Å². The first-order valence-electron chi connectivity index (χ1n) is 8.17. The Morgan fingerprint density at radius 2 is 2.10 bits per heavy atom. The average molecular weight is 284 g/mol. The summed E-state index contributed by atoms with van der Waals surface area (Å²) in [5, 5.41) is 3.62. The number of aromatic nitrogens is 1. The number of rotatable bonds is 1. The molecule has 4 rings (SSSR count). The molecule has 1 aromatic carbocycles. The SMILES string of the molecule is CC(C)(C)c1ccc2oc(C3NCC4CCCC43)nc2c1. The first-order valence-corrected chi connectivity index (χ1v) is 8.17. The van der Waals surface area contributed by atoms with Gasteiger partial charge in [0.25, 0.3) is 0 Å². The molecule has 3 unspecified atom stereocenters. The third-order valence-electron chi connectivity index (χ3n) is 5.28. The molecule has 3 nitrogen and oxygen atoms in total. The maximum absolute atomic E-state index is 6.05. The Bertz CT molecular complexity index is 667. The molecule has 1 aliphatic carbocycles. The summed E-state index contributed by atoms with van der Waals surface area (Å²) in [5.41, 5.74) is 3.38. The van der Waals surface area contributed by atoms with Gasteiger partial charge in [-0.05, 0) is 54.3 Å². The van der Waals surface area contributed by atoms with Crippen LogP contribution < -0.4 is 5.32 Å². The Hall–Kier alpha value is -1.35. The molecular formula is C18H24N2O. The van der Waals surface area contributed by atoms with Crippen molar-refractivity contribution < 1.29 is 4.42 Å². The smallest absolute Gasteiger partial charge is 0.212 e. The van der Waals surface area contributed by atoms with E-state index < -0.39 is 0 Å². The molecule has 21 heavy (non-hydrogen) atoms. The number of nitrogens with zero attached hydrogens (tertiary/aromatic N) is 1. The molecule has 1 saturated carbocycles. The van der Waals surface area contributed by atoms with Crippen LogP contribution in [0.4, 0.5) is 0 Å². The molecule has 0 amide bonds. The van der Waals surface area contributed by atoms with E-state index >= 15 is 0 Å². The highest BCUT2D eigenvalue weighted by Gasteiger charge is 2.41. The van der Waals surface area contributed by atoms with Gasteiger partial charge in [-0.2, -0.15) is 0 Å². The van der Waals surface area contributed by atoms with Crippen molar-refractivity contribution in [3.8, 4) is 0 Å². The van der Waals surface area contributed by atoms with Gasteiger partial charge in [0.05, 0.1) is 6.04 Å². The Morgan fingerprint density at radius 3 is 2.90 bits per heavy atom. The van der Waals surface area contributed by atoms with Gasteiger partial charge in [-0.3, -0.25) is 0 Å². The van der Waals surface area contributed by atoms with Crippen LogP contribution in [0.15, 0.2) is 22.6 Å². The highest BCUT2D eigenvalue weighted by Crippen LogP contribution is 2.44. The van der Waals surface area contributed by atoms with Crippen LogP contribution in [-0.4, -0.2) is 11.5 Å². The van der Waals surface area contributed by atoms with Crippen molar-refractivity contribution in [1.82, 2.24) is 10.3 Å². The maximum Gasteiger partial charge on any atom is 0.212 e. The van der Waals surface area contributed by atoms with Gasteiger partial charge in [0.2, 0.25) is 5.89 Å². The van der Waals surface area contributed by atoms with Crippen LogP contribution in [0.3, 0.4) is 0 Å². The van der Waals surface area contributed by atoms with Gasteiger partial charge >= 0.3 is 0 Å². The minimum absolute atomic E-state index is 0.148. The first kappa shape index (κ1) is 13.3. The zero-order valence-corrected chi connectivity index (χ0v) is 13.1. The van der Waals surface area contributed by atoms with Crippen LogP contribution in [0.5, 0.6) is 0 Å². The number of nitrogens with one attached hydrogen (secondary N) is 1. The summed E-state index contributed by atoms with van der Waals surface area (Å²) in [4.78, 5) is 4.80. The molecule has 2 aromatic rings. The Balaban J connectivity index is 1.71. The van der Waals surface area contributed by atoms with E-state index in [1.165, 1.54) is 24.8 Å². The van der Waals surface area contributed by atoms with Crippen LogP contribution in [0.1, 0.15) is 57.5 Å². The predicted octanol–water partition coefficient (Wildman–Crippen LogP) is 4.19. The summed E-state index contributed by atoms with van der Waals surface area (Å²) in [6.07, 6.45) is 4.04. The lowest BCUT2D eigenvalue weighted by atomic mass is 9.87. The molecule has 1 saturated heterocycles. The maximum atomic E-state index is 6.05. The molecule has 1 aliphatic heterocycles. The Kier molecular flexibility index (Phi) is 2.90. The number of hydrogen-bond donors (Lipinski definition) is 1.